The molecule has 0 aromatic heterocycles. The van der Waals surface area contributed by atoms with E-state index >= 15 is 0 Å². The number of ether oxygens (including phenoxy) is 1. The fourth-order valence-corrected chi connectivity index (χ4v) is 2.60. The maximum atomic E-state index is 12.9. The molecule has 24 heavy (non-hydrogen) atoms. The zero-order chi connectivity index (χ0) is 16.1. The summed E-state index contributed by atoms with van der Waals surface area (Å²) in [5, 5.41) is 6.19. The third-order valence-electron chi connectivity index (χ3n) is 3.86. The van der Waals surface area contributed by atoms with Crippen molar-refractivity contribution in [1.82, 2.24) is 5.32 Å². The second-order valence-corrected chi connectivity index (χ2v) is 5.60. The van der Waals surface area contributed by atoms with E-state index in [0.29, 0.717) is 17.2 Å². The Morgan fingerprint density at radius 2 is 1.79 bits per heavy atom. The number of piperidine rings is 1. The molecular weight excluding hydrogens is 331 g/mol. The van der Waals surface area contributed by atoms with E-state index in [0.717, 1.165) is 25.9 Å². The third kappa shape index (κ3) is 4.94. The van der Waals surface area contributed by atoms with Crippen molar-refractivity contribution in [2.75, 3.05) is 18.4 Å². The molecular formula is C18H20ClFN2O2. The van der Waals surface area contributed by atoms with Gasteiger partial charge in [-0.3, -0.25) is 4.79 Å². The molecule has 1 amide bonds. The summed E-state index contributed by atoms with van der Waals surface area (Å²) in [5.74, 6) is 0.941. The molecule has 4 nitrogen and oxygen atoms in total. The van der Waals surface area contributed by atoms with E-state index in [9.17, 15) is 9.18 Å². The lowest BCUT2D eigenvalue weighted by molar-refractivity contribution is -0.120. The van der Waals surface area contributed by atoms with Gasteiger partial charge in [-0.1, -0.05) is 6.07 Å². The third-order valence-corrected chi connectivity index (χ3v) is 3.86. The summed E-state index contributed by atoms with van der Waals surface area (Å²) in [7, 11) is 0. The van der Waals surface area contributed by atoms with Gasteiger partial charge in [0.05, 0.1) is 0 Å². The number of amides is 1. The van der Waals surface area contributed by atoms with Crippen LogP contribution in [-0.4, -0.2) is 19.0 Å². The largest absolute Gasteiger partial charge is 0.457 e. The van der Waals surface area contributed by atoms with Gasteiger partial charge in [0, 0.05) is 17.7 Å². The van der Waals surface area contributed by atoms with Gasteiger partial charge in [-0.2, -0.15) is 0 Å². The molecule has 1 saturated heterocycles. The highest BCUT2D eigenvalue weighted by Crippen LogP contribution is 2.25. The van der Waals surface area contributed by atoms with Crippen LogP contribution in [0.25, 0.3) is 0 Å². The maximum absolute atomic E-state index is 12.9. The molecule has 0 saturated carbocycles. The number of rotatable bonds is 4. The van der Waals surface area contributed by atoms with Crippen LogP contribution in [0.5, 0.6) is 11.5 Å². The van der Waals surface area contributed by atoms with Crippen molar-refractivity contribution in [2.24, 2.45) is 5.92 Å². The van der Waals surface area contributed by atoms with Gasteiger partial charge in [-0.25, -0.2) is 4.39 Å². The van der Waals surface area contributed by atoms with Gasteiger partial charge in [-0.05, 0) is 62.3 Å². The van der Waals surface area contributed by atoms with Crippen LogP contribution in [0.1, 0.15) is 12.8 Å². The Kier molecular flexibility index (Phi) is 6.58. The van der Waals surface area contributed by atoms with Crippen LogP contribution in [-0.2, 0) is 4.79 Å². The Hall–Kier alpha value is -2.11. The van der Waals surface area contributed by atoms with E-state index < -0.39 is 0 Å². The molecule has 0 spiro atoms. The summed E-state index contributed by atoms with van der Waals surface area (Å²) >= 11 is 0. The van der Waals surface area contributed by atoms with E-state index in [1.54, 1.807) is 24.3 Å². The first-order valence-corrected chi connectivity index (χ1v) is 7.76. The Balaban J connectivity index is 0.00000208. The molecule has 0 bridgehead atoms. The predicted octanol–water partition coefficient (Wildman–Crippen LogP) is 3.98. The monoisotopic (exact) mass is 350 g/mol. The fourth-order valence-electron chi connectivity index (χ4n) is 2.60. The second-order valence-electron chi connectivity index (χ2n) is 5.60. The van der Waals surface area contributed by atoms with Crippen LogP contribution >= 0.6 is 12.4 Å². The highest BCUT2D eigenvalue weighted by molar-refractivity contribution is 5.92. The minimum absolute atomic E-state index is 0. The van der Waals surface area contributed by atoms with Crippen molar-refractivity contribution >= 4 is 24.0 Å². The standard InChI is InChI=1S/C18H19FN2O2.ClH/c19-14-4-6-16(7-5-14)23-17-3-1-2-15(12-17)21-18(22)13-8-10-20-11-9-13;/h1-7,12-13,20H,8-11H2,(H,21,22);1H. The number of nitrogens with one attached hydrogen (secondary N) is 2. The molecule has 2 aromatic carbocycles. The van der Waals surface area contributed by atoms with Gasteiger partial charge in [0.1, 0.15) is 17.3 Å². The Labute approximate surface area is 146 Å². The van der Waals surface area contributed by atoms with Gasteiger partial charge in [-0.15, -0.1) is 12.4 Å². The molecule has 1 aliphatic rings. The van der Waals surface area contributed by atoms with Crippen LogP contribution in [0.4, 0.5) is 10.1 Å². The molecule has 1 aliphatic heterocycles. The molecule has 0 aliphatic carbocycles. The van der Waals surface area contributed by atoms with Gasteiger partial charge < -0.3 is 15.4 Å². The lowest BCUT2D eigenvalue weighted by Gasteiger charge is -2.21. The van der Waals surface area contributed by atoms with Crippen molar-refractivity contribution in [2.45, 2.75) is 12.8 Å². The first kappa shape index (κ1) is 18.2. The van der Waals surface area contributed by atoms with Gasteiger partial charge >= 0.3 is 0 Å². The quantitative estimate of drug-likeness (QED) is 0.877. The normalized spacial score (nSPS) is 14.5. The summed E-state index contributed by atoms with van der Waals surface area (Å²) in [5.41, 5.74) is 0.702. The molecule has 6 heteroatoms. The van der Waals surface area contributed by atoms with Crippen molar-refractivity contribution in [3.63, 3.8) is 0 Å². The zero-order valence-electron chi connectivity index (χ0n) is 13.1. The lowest BCUT2D eigenvalue weighted by Crippen LogP contribution is -2.34. The van der Waals surface area contributed by atoms with Crippen molar-refractivity contribution in [1.29, 1.82) is 0 Å². The Bertz CT molecular complexity index is 673. The number of hydrogen-bond acceptors (Lipinski definition) is 3. The van der Waals surface area contributed by atoms with E-state index in [2.05, 4.69) is 10.6 Å². The van der Waals surface area contributed by atoms with Crippen LogP contribution in [0.2, 0.25) is 0 Å². The number of benzene rings is 2. The summed E-state index contributed by atoms with van der Waals surface area (Å²) in [4.78, 5) is 12.3. The van der Waals surface area contributed by atoms with E-state index in [-0.39, 0.29) is 30.0 Å². The van der Waals surface area contributed by atoms with Crippen LogP contribution in [0.15, 0.2) is 48.5 Å². The Morgan fingerprint density at radius 1 is 1.08 bits per heavy atom. The molecule has 128 valence electrons. The van der Waals surface area contributed by atoms with E-state index in [1.165, 1.54) is 12.1 Å². The second kappa shape index (κ2) is 8.66. The summed E-state index contributed by atoms with van der Waals surface area (Å²) in [6.07, 6.45) is 1.72. The average Bonchev–Trinajstić information content (AvgIpc) is 2.58. The summed E-state index contributed by atoms with van der Waals surface area (Å²) in [6, 6.07) is 13.0. The molecule has 2 N–H and O–H groups in total. The number of halogens is 2. The summed E-state index contributed by atoms with van der Waals surface area (Å²) in [6.45, 7) is 1.76. The van der Waals surface area contributed by atoms with Crippen molar-refractivity contribution in [3.8, 4) is 11.5 Å². The predicted molar refractivity (Wildman–Crippen MR) is 94.4 cm³/mol. The van der Waals surface area contributed by atoms with Gasteiger partial charge in [0.15, 0.2) is 0 Å². The van der Waals surface area contributed by atoms with Crippen molar-refractivity contribution < 1.29 is 13.9 Å². The highest BCUT2D eigenvalue weighted by Gasteiger charge is 2.20. The molecule has 0 unspecified atom stereocenters. The molecule has 1 fully saturated rings. The van der Waals surface area contributed by atoms with E-state index in [4.69, 9.17) is 4.74 Å². The zero-order valence-corrected chi connectivity index (χ0v) is 13.9. The number of carbonyl (C=O) groups excluding carboxylic acids is 1. The average molecular weight is 351 g/mol. The Morgan fingerprint density at radius 3 is 2.50 bits per heavy atom. The SMILES string of the molecule is Cl.O=C(Nc1cccc(Oc2ccc(F)cc2)c1)C1CCNCC1. The molecule has 2 aromatic rings. The van der Waals surface area contributed by atoms with E-state index in [1.807, 2.05) is 12.1 Å². The first-order chi connectivity index (χ1) is 11.2. The van der Waals surface area contributed by atoms with Crippen LogP contribution in [0, 0.1) is 11.7 Å². The minimum atomic E-state index is -0.305. The first-order valence-electron chi connectivity index (χ1n) is 7.76. The molecule has 3 rings (SSSR count). The lowest BCUT2D eigenvalue weighted by atomic mass is 9.97. The number of carbonyl (C=O) groups is 1. The molecule has 0 atom stereocenters. The van der Waals surface area contributed by atoms with Gasteiger partial charge in [0.25, 0.3) is 0 Å². The maximum Gasteiger partial charge on any atom is 0.227 e. The van der Waals surface area contributed by atoms with Crippen LogP contribution < -0.4 is 15.4 Å². The highest BCUT2D eigenvalue weighted by atomic mass is 35.5. The summed E-state index contributed by atoms with van der Waals surface area (Å²) < 4.78 is 18.6. The molecule has 0 radical (unpaired) electrons. The topological polar surface area (TPSA) is 50.4 Å². The minimum Gasteiger partial charge on any atom is -0.457 e. The van der Waals surface area contributed by atoms with Crippen LogP contribution in [0.3, 0.4) is 0 Å². The number of hydrogen-bond donors (Lipinski definition) is 2. The number of anilines is 1. The van der Waals surface area contributed by atoms with Gasteiger partial charge in [0.2, 0.25) is 5.91 Å². The van der Waals surface area contributed by atoms with Crippen molar-refractivity contribution in [3.05, 3.63) is 54.3 Å². The fraction of sp³-hybridized carbons (Fsp3) is 0.278. The smallest absolute Gasteiger partial charge is 0.227 e. The molecule has 1 heterocycles.